The fraction of sp³-hybridized carbons (Fsp3) is 0.133. The summed E-state index contributed by atoms with van der Waals surface area (Å²) in [6.45, 7) is 1.70. The maximum atomic E-state index is 13.9. The van der Waals surface area contributed by atoms with E-state index in [9.17, 15) is 8.78 Å². The van der Waals surface area contributed by atoms with E-state index in [1.54, 1.807) is 6.92 Å². The smallest absolute Gasteiger partial charge is 0.170 e. The molecule has 0 radical (unpaired) electrons. The predicted molar refractivity (Wildman–Crippen MR) is 74.4 cm³/mol. The zero-order valence-electron chi connectivity index (χ0n) is 11.3. The van der Waals surface area contributed by atoms with Crippen molar-refractivity contribution in [2.75, 3.05) is 0 Å². The summed E-state index contributed by atoms with van der Waals surface area (Å²) in [5.41, 5.74) is 6.60. The normalized spacial score (nSPS) is 11.5. The highest BCUT2D eigenvalue weighted by molar-refractivity contribution is 5.97. The molecule has 0 unspecified atom stereocenters. The lowest BCUT2D eigenvalue weighted by Gasteiger charge is -2.10. The van der Waals surface area contributed by atoms with Gasteiger partial charge in [0.1, 0.15) is 24.0 Å². The molecule has 0 bridgehead atoms. The van der Waals surface area contributed by atoms with Crippen LogP contribution < -0.4 is 10.5 Å². The molecule has 0 aliphatic carbocycles. The number of hydrogen-bond acceptors (Lipinski definition) is 3. The first kappa shape index (κ1) is 14.8. The van der Waals surface area contributed by atoms with E-state index in [0.717, 1.165) is 6.07 Å². The molecule has 0 heterocycles. The van der Waals surface area contributed by atoms with Crippen molar-refractivity contribution in [3.05, 3.63) is 64.7 Å². The summed E-state index contributed by atoms with van der Waals surface area (Å²) in [7, 11) is 0. The van der Waals surface area contributed by atoms with Gasteiger partial charge in [-0.1, -0.05) is 17.3 Å². The minimum absolute atomic E-state index is 0.00520. The van der Waals surface area contributed by atoms with Crippen LogP contribution in [0.2, 0.25) is 0 Å². The number of amidine groups is 1. The summed E-state index contributed by atoms with van der Waals surface area (Å²) in [4.78, 5) is 0. The third-order valence-corrected chi connectivity index (χ3v) is 2.98. The first-order valence-corrected chi connectivity index (χ1v) is 6.16. The van der Waals surface area contributed by atoms with Crippen molar-refractivity contribution >= 4 is 5.84 Å². The number of aryl methyl sites for hydroxylation is 1. The predicted octanol–water partition coefficient (Wildman–Crippen LogP) is 2.95. The van der Waals surface area contributed by atoms with Gasteiger partial charge in [0.15, 0.2) is 5.84 Å². The number of rotatable bonds is 4. The van der Waals surface area contributed by atoms with Crippen LogP contribution in [0.1, 0.15) is 16.7 Å². The van der Waals surface area contributed by atoms with Crippen molar-refractivity contribution in [2.45, 2.75) is 13.5 Å². The van der Waals surface area contributed by atoms with Gasteiger partial charge in [-0.25, -0.2) is 8.78 Å². The third-order valence-electron chi connectivity index (χ3n) is 2.98. The number of hydrogen-bond donors (Lipinski definition) is 2. The van der Waals surface area contributed by atoms with E-state index in [0.29, 0.717) is 16.9 Å². The van der Waals surface area contributed by atoms with E-state index in [-0.39, 0.29) is 23.8 Å². The van der Waals surface area contributed by atoms with Crippen LogP contribution in [0.3, 0.4) is 0 Å². The van der Waals surface area contributed by atoms with Crippen molar-refractivity contribution in [1.82, 2.24) is 0 Å². The van der Waals surface area contributed by atoms with Crippen molar-refractivity contribution in [2.24, 2.45) is 10.9 Å². The van der Waals surface area contributed by atoms with Gasteiger partial charge in [0.05, 0.1) is 0 Å². The topological polar surface area (TPSA) is 67.8 Å². The molecule has 0 aliphatic rings. The van der Waals surface area contributed by atoms with E-state index in [2.05, 4.69) is 5.16 Å². The summed E-state index contributed by atoms with van der Waals surface area (Å²) in [6, 6.07) is 8.28. The average molecular weight is 292 g/mol. The van der Waals surface area contributed by atoms with E-state index in [4.69, 9.17) is 15.7 Å². The summed E-state index contributed by atoms with van der Waals surface area (Å²) in [6.07, 6.45) is 0. The average Bonchev–Trinajstić information content (AvgIpc) is 2.46. The Morgan fingerprint density at radius 2 is 2.00 bits per heavy atom. The molecule has 2 rings (SSSR count). The number of benzene rings is 2. The molecule has 0 fully saturated rings. The van der Waals surface area contributed by atoms with Gasteiger partial charge >= 0.3 is 0 Å². The molecule has 0 aliphatic heterocycles. The molecule has 3 N–H and O–H groups in total. The van der Waals surface area contributed by atoms with Gasteiger partial charge in [0.25, 0.3) is 0 Å². The molecule has 4 nitrogen and oxygen atoms in total. The van der Waals surface area contributed by atoms with Crippen molar-refractivity contribution in [3.63, 3.8) is 0 Å². The second-order valence-electron chi connectivity index (χ2n) is 4.49. The molecule has 2 aromatic rings. The quantitative estimate of drug-likeness (QED) is 0.394. The highest BCUT2D eigenvalue weighted by Crippen LogP contribution is 2.20. The SMILES string of the molecule is Cc1cc(F)ccc1OCc1ccc(/C(N)=N/O)cc1F. The lowest BCUT2D eigenvalue weighted by Crippen LogP contribution is -2.13. The van der Waals surface area contributed by atoms with Crippen molar-refractivity contribution < 1.29 is 18.7 Å². The van der Waals surface area contributed by atoms with Crippen LogP contribution in [0, 0.1) is 18.6 Å². The highest BCUT2D eigenvalue weighted by Gasteiger charge is 2.08. The minimum Gasteiger partial charge on any atom is -0.489 e. The molecule has 0 saturated heterocycles. The minimum atomic E-state index is -0.529. The van der Waals surface area contributed by atoms with E-state index in [1.165, 1.54) is 30.3 Å². The third kappa shape index (κ3) is 3.47. The molecule has 6 heteroatoms. The molecule has 21 heavy (non-hydrogen) atoms. The van der Waals surface area contributed by atoms with E-state index >= 15 is 0 Å². The van der Waals surface area contributed by atoms with Gasteiger partial charge < -0.3 is 15.7 Å². The first-order valence-electron chi connectivity index (χ1n) is 6.16. The molecule has 0 aromatic heterocycles. The fourth-order valence-electron chi connectivity index (χ4n) is 1.81. The number of oxime groups is 1. The Morgan fingerprint density at radius 1 is 1.24 bits per heavy atom. The molecule has 0 spiro atoms. The van der Waals surface area contributed by atoms with Gasteiger partial charge in [-0.15, -0.1) is 0 Å². The second-order valence-corrected chi connectivity index (χ2v) is 4.49. The van der Waals surface area contributed by atoms with Gasteiger partial charge in [-0.3, -0.25) is 0 Å². The van der Waals surface area contributed by atoms with Gasteiger partial charge in [0.2, 0.25) is 0 Å². The molecule has 110 valence electrons. The van der Waals surface area contributed by atoms with Crippen LogP contribution in [0.4, 0.5) is 8.78 Å². The molecule has 0 amide bonds. The van der Waals surface area contributed by atoms with E-state index < -0.39 is 5.82 Å². The summed E-state index contributed by atoms with van der Waals surface area (Å²) in [5.74, 6) is -0.569. The van der Waals surface area contributed by atoms with Crippen LogP contribution in [0.25, 0.3) is 0 Å². The van der Waals surface area contributed by atoms with Crippen LogP contribution >= 0.6 is 0 Å². The Balaban J connectivity index is 2.13. The Hall–Kier alpha value is -2.63. The lowest BCUT2D eigenvalue weighted by molar-refractivity contribution is 0.297. The molecular weight excluding hydrogens is 278 g/mol. The Morgan fingerprint density at radius 3 is 2.62 bits per heavy atom. The maximum Gasteiger partial charge on any atom is 0.170 e. The van der Waals surface area contributed by atoms with Crippen molar-refractivity contribution in [3.8, 4) is 5.75 Å². The standard InChI is InChI=1S/C15H14F2N2O2/c1-9-6-12(16)4-5-14(9)21-8-11-3-2-10(7-13(11)17)15(18)19-20/h2-7,20H,8H2,1H3,(H2,18,19). The van der Waals surface area contributed by atoms with Crippen LogP contribution in [-0.2, 0) is 6.61 Å². The fourth-order valence-corrected chi connectivity index (χ4v) is 1.81. The number of nitrogens with zero attached hydrogens (tertiary/aromatic N) is 1. The summed E-state index contributed by atoms with van der Waals surface area (Å²) >= 11 is 0. The zero-order valence-corrected chi connectivity index (χ0v) is 11.3. The summed E-state index contributed by atoms with van der Waals surface area (Å²) in [5, 5.41) is 11.3. The van der Waals surface area contributed by atoms with Crippen LogP contribution in [0.5, 0.6) is 5.75 Å². The highest BCUT2D eigenvalue weighted by atomic mass is 19.1. The van der Waals surface area contributed by atoms with Gasteiger partial charge in [-0.2, -0.15) is 0 Å². The van der Waals surface area contributed by atoms with Crippen LogP contribution in [0.15, 0.2) is 41.6 Å². The van der Waals surface area contributed by atoms with Crippen LogP contribution in [-0.4, -0.2) is 11.0 Å². The first-order chi connectivity index (χ1) is 10.0. The number of nitrogens with two attached hydrogens (primary N) is 1. The Labute approximate surface area is 120 Å². The Bertz CT molecular complexity index is 687. The number of ether oxygens (including phenoxy) is 1. The van der Waals surface area contributed by atoms with Gasteiger partial charge in [0, 0.05) is 11.1 Å². The van der Waals surface area contributed by atoms with Gasteiger partial charge in [-0.05, 0) is 36.8 Å². The number of halogens is 2. The van der Waals surface area contributed by atoms with Crippen molar-refractivity contribution in [1.29, 1.82) is 0 Å². The molecule has 2 aromatic carbocycles. The van der Waals surface area contributed by atoms with E-state index in [1.807, 2.05) is 0 Å². The second kappa shape index (κ2) is 6.21. The largest absolute Gasteiger partial charge is 0.489 e. The summed E-state index contributed by atoms with van der Waals surface area (Å²) < 4.78 is 32.3. The molecular formula is C15H14F2N2O2. The zero-order chi connectivity index (χ0) is 15.4. The molecule has 0 saturated carbocycles. The lowest BCUT2D eigenvalue weighted by atomic mass is 10.1. The monoisotopic (exact) mass is 292 g/mol. The molecule has 0 atom stereocenters. The maximum absolute atomic E-state index is 13.9. The Kier molecular flexibility index (Phi) is 4.37.